The molecule has 4 rings (SSSR count). The molecule has 0 aromatic heterocycles. The number of benzene rings is 3. The van der Waals surface area contributed by atoms with E-state index >= 15 is 0 Å². The molecule has 0 saturated carbocycles. The maximum absolute atomic E-state index is 13.7. The van der Waals surface area contributed by atoms with E-state index in [4.69, 9.17) is 0 Å². The van der Waals surface area contributed by atoms with Crippen molar-refractivity contribution in [1.82, 2.24) is 10.2 Å². The van der Waals surface area contributed by atoms with Gasteiger partial charge in [-0.15, -0.1) is 0 Å². The first-order chi connectivity index (χ1) is 15.5. The average Bonchev–Trinajstić information content (AvgIpc) is 2.79. The van der Waals surface area contributed by atoms with Gasteiger partial charge in [0.2, 0.25) is 11.8 Å². The van der Waals surface area contributed by atoms with Gasteiger partial charge in [0.15, 0.2) is 0 Å². The number of nitrogens with zero attached hydrogens (tertiary/aromatic N) is 1. The highest BCUT2D eigenvalue weighted by Gasteiger charge is 2.26. The summed E-state index contributed by atoms with van der Waals surface area (Å²) in [5, 5.41) is 7.68. The highest BCUT2D eigenvalue weighted by molar-refractivity contribution is 6.02. The molecule has 0 unspecified atom stereocenters. The van der Waals surface area contributed by atoms with Gasteiger partial charge in [0.05, 0.1) is 6.54 Å². The number of halogens is 2. The van der Waals surface area contributed by atoms with Gasteiger partial charge in [-0.2, -0.15) is 0 Å². The van der Waals surface area contributed by atoms with Crippen LogP contribution in [0.5, 0.6) is 0 Å². The van der Waals surface area contributed by atoms with Crippen molar-refractivity contribution in [2.75, 3.05) is 25.0 Å². The van der Waals surface area contributed by atoms with Crippen LogP contribution in [0, 0.1) is 17.6 Å². The van der Waals surface area contributed by atoms with Gasteiger partial charge < -0.3 is 10.6 Å². The van der Waals surface area contributed by atoms with Crippen LogP contribution in [0.1, 0.15) is 18.4 Å². The zero-order valence-electron chi connectivity index (χ0n) is 17.6. The van der Waals surface area contributed by atoms with Crippen molar-refractivity contribution in [3.05, 3.63) is 77.9 Å². The topological polar surface area (TPSA) is 61.4 Å². The molecule has 3 aromatic rings. The van der Waals surface area contributed by atoms with E-state index in [0.717, 1.165) is 16.5 Å². The van der Waals surface area contributed by atoms with E-state index < -0.39 is 11.6 Å². The molecule has 0 atom stereocenters. The molecule has 2 N–H and O–H groups in total. The van der Waals surface area contributed by atoms with Crippen LogP contribution in [-0.4, -0.2) is 36.3 Å². The second kappa shape index (κ2) is 9.87. The summed E-state index contributed by atoms with van der Waals surface area (Å²) in [6, 6.07) is 17.3. The van der Waals surface area contributed by atoms with Gasteiger partial charge in [0, 0.05) is 29.1 Å². The minimum atomic E-state index is -0.669. The van der Waals surface area contributed by atoms with Crippen molar-refractivity contribution in [2.45, 2.75) is 19.4 Å². The number of carbonyl (C=O) groups is 2. The first-order valence-electron chi connectivity index (χ1n) is 10.7. The normalized spacial score (nSPS) is 14.9. The Morgan fingerprint density at radius 3 is 2.31 bits per heavy atom. The third-order valence-electron chi connectivity index (χ3n) is 5.89. The number of hydrogen-bond acceptors (Lipinski definition) is 3. The Labute approximate surface area is 185 Å². The molecule has 32 heavy (non-hydrogen) atoms. The predicted octanol–water partition coefficient (Wildman–Crippen LogP) is 4.08. The summed E-state index contributed by atoms with van der Waals surface area (Å²) in [5.74, 6) is -1.89. The SMILES string of the molecule is O=C(CN1CCC(C(=O)NCc2c(F)cccc2F)CC1)Nc1cccc2ccccc12. The Hall–Kier alpha value is -3.32. The monoisotopic (exact) mass is 437 g/mol. The van der Waals surface area contributed by atoms with Crippen molar-refractivity contribution in [3.63, 3.8) is 0 Å². The highest BCUT2D eigenvalue weighted by atomic mass is 19.1. The molecule has 7 heteroatoms. The number of rotatable bonds is 6. The minimum Gasteiger partial charge on any atom is -0.352 e. The van der Waals surface area contributed by atoms with Gasteiger partial charge in [-0.3, -0.25) is 14.5 Å². The standard InChI is InChI=1S/C25H25F2N3O2/c26-21-8-4-9-22(27)20(21)15-28-25(32)18-11-13-30(14-12-18)16-24(31)29-23-10-3-6-17-5-1-2-7-19(17)23/h1-10,18H,11-16H2,(H,28,32)(H,29,31). The molecule has 1 aliphatic heterocycles. The Morgan fingerprint density at radius 1 is 0.906 bits per heavy atom. The van der Waals surface area contributed by atoms with E-state index in [-0.39, 0.29) is 36.4 Å². The zero-order chi connectivity index (χ0) is 22.5. The van der Waals surface area contributed by atoms with Gasteiger partial charge in [-0.05, 0) is 49.5 Å². The third kappa shape index (κ3) is 5.11. The molecule has 2 amide bonds. The van der Waals surface area contributed by atoms with E-state index in [2.05, 4.69) is 10.6 Å². The van der Waals surface area contributed by atoms with Gasteiger partial charge in [0.25, 0.3) is 0 Å². The fraction of sp³-hybridized carbons (Fsp3) is 0.280. The summed E-state index contributed by atoms with van der Waals surface area (Å²) >= 11 is 0. The number of anilines is 1. The van der Waals surface area contributed by atoms with Gasteiger partial charge in [0.1, 0.15) is 11.6 Å². The lowest BCUT2D eigenvalue weighted by Gasteiger charge is -2.30. The molecule has 1 aliphatic rings. The fourth-order valence-corrected chi connectivity index (χ4v) is 4.10. The molecule has 166 valence electrons. The van der Waals surface area contributed by atoms with Crippen molar-refractivity contribution in [3.8, 4) is 0 Å². The first kappa shape index (κ1) is 21.9. The highest BCUT2D eigenvalue weighted by Crippen LogP contribution is 2.23. The Balaban J connectivity index is 1.25. The fourth-order valence-electron chi connectivity index (χ4n) is 4.10. The van der Waals surface area contributed by atoms with Crippen molar-refractivity contribution >= 4 is 28.3 Å². The van der Waals surface area contributed by atoms with Crippen LogP contribution in [0.3, 0.4) is 0 Å². The average molecular weight is 437 g/mol. The second-order valence-electron chi connectivity index (χ2n) is 8.04. The van der Waals surface area contributed by atoms with Crippen molar-refractivity contribution in [2.24, 2.45) is 5.92 Å². The number of fused-ring (bicyclic) bond motifs is 1. The van der Waals surface area contributed by atoms with Gasteiger partial charge in [-0.25, -0.2) is 8.78 Å². The number of likely N-dealkylation sites (tertiary alicyclic amines) is 1. The molecule has 5 nitrogen and oxygen atoms in total. The summed E-state index contributed by atoms with van der Waals surface area (Å²) < 4.78 is 27.4. The zero-order valence-corrected chi connectivity index (χ0v) is 17.6. The van der Waals surface area contributed by atoms with Crippen LogP contribution in [0.4, 0.5) is 14.5 Å². The predicted molar refractivity (Wildman–Crippen MR) is 120 cm³/mol. The lowest BCUT2D eigenvalue weighted by atomic mass is 9.95. The molecule has 0 spiro atoms. The molecular weight excluding hydrogens is 412 g/mol. The van der Waals surface area contributed by atoms with E-state index in [1.165, 1.54) is 18.2 Å². The van der Waals surface area contributed by atoms with Crippen LogP contribution in [0.2, 0.25) is 0 Å². The van der Waals surface area contributed by atoms with Gasteiger partial charge >= 0.3 is 0 Å². The number of carbonyl (C=O) groups excluding carboxylic acids is 2. The van der Waals surface area contributed by atoms with Gasteiger partial charge in [-0.1, -0.05) is 42.5 Å². The molecule has 0 aliphatic carbocycles. The quantitative estimate of drug-likeness (QED) is 0.611. The van der Waals surface area contributed by atoms with Crippen LogP contribution < -0.4 is 10.6 Å². The molecule has 0 bridgehead atoms. The van der Waals surface area contributed by atoms with Crippen molar-refractivity contribution in [1.29, 1.82) is 0 Å². The Bertz CT molecular complexity index is 1100. The maximum Gasteiger partial charge on any atom is 0.238 e. The molecule has 3 aromatic carbocycles. The summed E-state index contributed by atoms with van der Waals surface area (Å²) in [7, 11) is 0. The lowest BCUT2D eigenvalue weighted by Crippen LogP contribution is -2.43. The summed E-state index contributed by atoms with van der Waals surface area (Å²) in [5.41, 5.74) is 0.645. The molecule has 1 fully saturated rings. The third-order valence-corrected chi connectivity index (χ3v) is 5.89. The number of nitrogens with one attached hydrogen (secondary N) is 2. The smallest absolute Gasteiger partial charge is 0.238 e. The maximum atomic E-state index is 13.7. The minimum absolute atomic E-state index is 0.0979. The summed E-state index contributed by atoms with van der Waals surface area (Å²) in [4.78, 5) is 27.0. The first-order valence-corrected chi connectivity index (χ1v) is 10.7. The Kier molecular flexibility index (Phi) is 6.75. The molecule has 1 heterocycles. The molecular formula is C25H25F2N3O2. The second-order valence-corrected chi connectivity index (χ2v) is 8.04. The van der Waals surface area contributed by atoms with Crippen LogP contribution in [-0.2, 0) is 16.1 Å². The summed E-state index contributed by atoms with van der Waals surface area (Å²) in [6.45, 7) is 1.28. The number of amides is 2. The van der Waals surface area contributed by atoms with E-state index in [0.29, 0.717) is 25.9 Å². The lowest BCUT2D eigenvalue weighted by molar-refractivity contribution is -0.126. The largest absolute Gasteiger partial charge is 0.352 e. The summed E-state index contributed by atoms with van der Waals surface area (Å²) in [6.07, 6.45) is 1.18. The van der Waals surface area contributed by atoms with Crippen molar-refractivity contribution < 1.29 is 18.4 Å². The number of hydrogen-bond donors (Lipinski definition) is 2. The molecule has 0 radical (unpaired) electrons. The van der Waals surface area contributed by atoms with E-state index in [9.17, 15) is 18.4 Å². The Morgan fingerprint density at radius 2 is 1.56 bits per heavy atom. The van der Waals surface area contributed by atoms with E-state index in [1.54, 1.807) is 0 Å². The van der Waals surface area contributed by atoms with E-state index in [1.807, 2.05) is 47.4 Å². The molecule has 1 saturated heterocycles. The number of piperidine rings is 1. The van der Waals surface area contributed by atoms with Crippen LogP contribution in [0.25, 0.3) is 10.8 Å². The van der Waals surface area contributed by atoms with Crippen LogP contribution in [0.15, 0.2) is 60.7 Å². The van der Waals surface area contributed by atoms with Crippen LogP contribution >= 0.6 is 0 Å².